The topological polar surface area (TPSA) is 107 Å². The van der Waals surface area contributed by atoms with Gasteiger partial charge in [-0.15, -0.1) is 0 Å². The quantitative estimate of drug-likeness (QED) is 0.632. The monoisotopic (exact) mass is 494 g/mol. The fraction of sp³-hybridized carbons (Fsp3) is 0.536. The maximum Gasteiger partial charge on any atom is 0.410 e. The lowest BCUT2D eigenvalue weighted by Gasteiger charge is -2.34. The summed E-state index contributed by atoms with van der Waals surface area (Å²) >= 11 is 0. The molecule has 1 aliphatic heterocycles. The average Bonchev–Trinajstić information content (AvgIpc) is 3.08. The molecule has 1 aromatic heterocycles. The molecule has 1 fully saturated rings. The van der Waals surface area contributed by atoms with Crippen LogP contribution >= 0.6 is 0 Å². The number of anilines is 1. The molecular weight excluding hydrogens is 456 g/mol. The van der Waals surface area contributed by atoms with Crippen LogP contribution in [0.25, 0.3) is 5.69 Å². The zero-order valence-corrected chi connectivity index (χ0v) is 22.2. The molecule has 194 valence electrons. The summed E-state index contributed by atoms with van der Waals surface area (Å²) in [5.74, 6) is -0.321. The molecule has 1 aromatic carbocycles. The second-order valence-corrected chi connectivity index (χ2v) is 11.9. The molecule has 0 spiro atoms. The number of rotatable bonds is 4. The summed E-state index contributed by atoms with van der Waals surface area (Å²) < 4.78 is 7.57. The molecule has 8 heteroatoms. The van der Waals surface area contributed by atoms with E-state index in [4.69, 9.17) is 10.5 Å². The molecule has 0 unspecified atom stereocenters. The van der Waals surface area contributed by atoms with Gasteiger partial charge in [-0.1, -0.05) is 13.8 Å². The minimum Gasteiger partial charge on any atom is -0.444 e. The average molecular weight is 495 g/mol. The normalized spacial score (nSPS) is 18.1. The van der Waals surface area contributed by atoms with Gasteiger partial charge < -0.3 is 25.3 Å². The number of Topliss-reactive ketones (excluding diaryl/α,β-unsaturated/α-hetero) is 1. The number of ketones is 1. The molecule has 0 saturated carbocycles. The number of nitrogens with two attached hydrogens (primary N) is 1. The third kappa shape index (κ3) is 5.42. The summed E-state index contributed by atoms with van der Waals surface area (Å²) in [6, 6.07) is 5.64. The van der Waals surface area contributed by atoms with Gasteiger partial charge in [-0.2, -0.15) is 0 Å². The Hall–Kier alpha value is -3.29. The zero-order chi connectivity index (χ0) is 26.4. The largest absolute Gasteiger partial charge is 0.444 e. The van der Waals surface area contributed by atoms with E-state index in [-0.39, 0.29) is 23.3 Å². The Morgan fingerprint density at radius 2 is 1.81 bits per heavy atom. The van der Waals surface area contributed by atoms with Crippen LogP contribution in [-0.2, 0) is 11.2 Å². The van der Waals surface area contributed by atoms with E-state index in [1.807, 2.05) is 46.0 Å². The van der Waals surface area contributed by atoms with Gasteiger partial charge in [0.2, 0.25) is 0 Å². The zero-order valence-electron chi connectivity index (χ0n) is 22.2. The molecule has 1 aliphatic carbocycles. The fourth-order valence-electron chi connectivity index (χ4n) is 5.28. The van der Waals surface area contributed by atoms with E-state index in [0.717, 1.165) is 41.8 Å². The molecule has 0 bridgehead atoms. The predicted octanol–water partition coefficient (Wildman–Crippen LogP) is 4.85. The van der Waals surface area contributed by atoms with E-state index in [9.17, 15) is 14.4 Å². The number of aromatic nitrogens is 1. The van der Waals surface area contributed by atoms with E-state index in [0.29, 0.717) is 30.8 Å². The van der Waals surface area contributed by atoms with Gasteiger partial charge in [0, 0.05) is 54.4 Å². The summed E-state index contributed by atoms with van der Waals surface area (Å²) in [5, 5.41) is 3.50. The van der Waals surface area contributed by atoms with Crippen molar-refractivity contribution in [3.05, 3.63) is 46.8 Å². The van der Waals surface area contributed by atoms with Crippen LogP contribution in [0.1, 0.15) is 85.9 Å². The number of hydrogen-bond donors (Lipinski definition) is 2. The number of nitrogens with one attached hydrogen (secondary N) is 1. The van der Waals surface area contributed by atoms with Crippen molar-refractivity contribution in [3.63, 3.8) is 0 Å². The molecule has 0 atom stereocenters. The van der Waals surface area contributed by atoms with Gasteiger partial charge in [0.05, 0.1) is 5.56 Å². The van der Waals surface area contributed by atoms with Crippen molar-refractivity contribution in [1.29, 1.82) is 0 Å². The Morgan fingerprint density at radius 1 is 1.14 bits per heavy atom. The number of aryl methyl sites for hydroxylation is 1. The van der Waals surface area contributed by atoms with Gasteiger partial charge in [0.15, 0.2) is 5.78 Å². The van der Waals surface area contributed by atoms with Crippen molar-refractivity contribution in [3.8, 4) is 5.69 Å². The van der Waals surface area contributed by atoms with Crippen molar-refractivity contribution in [2.75, 3.05) is 18.4 Å². The van der Waals surface area contributed by atoms with Crippen LogP contribution in [0.2, 0.25) is 0 Å². The molecule has 36 heavy (non-hydrogen) atoms. The van der Waals surface area contributed by atoms with Gasteiger partial charge in [0.1, 0.15) is 5.60 Å². The molecule has 8 nitrogen and oxygen atoms in total. The maximum absolute atomic E-state index is 12.9. The lowest BCUT2D eigenvalue weighted by molar-refractivity contribution is 0.0210. The SMILES string of the molecule is Cc1cn(-c2ccc(C(N)=O)c(NC3CCN(C(=O)OC(C)(C)C)CC3)c2)c2c1C(=O)CC(C)(C)C2. The summed E-state index contributed by atoms with van der Waals surface area (Å²) in [7, 11) is 0. The van der Waals surface area contributed by atoms with Gasteiger partial charge >= 0.3 is 6.09 Å². The van der Waals surface area contributed by atoms with Crippen LogP contribution in [0.3, 0.4) is 0 Å². The van der Waals surface area contributed by atoms with Crippen LogP contribution < -0.4 is 11.1 Å². The minimum atomic E-state index is -0.529. The van der Waals surface area contributed by atoms with Crippen LogP contribution in [0.15, 0.2) is 24.4 Å². The highest BCUT2D eigenvalue weighted by molar-refractivity contribution is 6.01. The number of nitrogens with zero attached hydrogens (tertiary/aromatic N) is 2. The smallest absolute Gasteiger partial charge is 0.410 e. The molecular formula is C28H38N4O4. The van der Waals surface area contributed by atoms with Gasteiger partial charge in [0.25, 0.3) is 5.91 Å². The highest BCUT2D eigenvalue weighted by Gasteiger charge is 2.35. The first-order chi connectivity index (χ1) is 16.7. The fourth-order valence-corrected chi connectivity index (χ4v) is 5.28. The Bertz CT molecular complexity index is 1200. The minimum absolute atomic E-state index is 0.0814. The number of ether oxygens (including phenoxy) is 1. The van der Waals surface area contributed by atoms with E-state index in [1.165, 1.54) is 0 Å². The number of carbonyl (C=O) groups is 3. The first-order valence-electron chi connectivity index (χ1n) is 12.7. The number of primary amides is 1. The van der Waals surface area contributed by atoms with Crippen molar-refractivity contribution >= 4 is 23.5 Å². The van der Waals surface area contributed by atoms with Crippen LogP contribution in [-0.4, -0.2) is 52.0 Å². The Balaban J connectivity index is 1.57. The summed E-state index contributed by atoms with van der Waals surface area (Å²) in [6.45, 7) is 12.9. The molecule has 4 rings (SSSR count). The number of carbonyl (C=O) groups excluding carboxylic acids is 3. The maximum atomic E-state index is 12.9. The molecule has 0 radical (unpaired) electrons. The van der Waals surface area contributed by atoms with Crippen LogP contribution in [0.4, 0.5) is 10.5 Å². The lowest BCUT2D eigenvalue weighted by Crippen LogP contribution is -2.44. The Kier molecular flexibility index (Phi) is 6.66. The molecule has 2 aromatic rings. The highest BCUT2D eigenvalue weighted by atomic mass is 16.6. The van der Waals surface area contributed by atoms with Crippen LogP contribution in [0.5, 0.6) is 0 Å². The van der Waals surface area contributed by atoms with Crippen molar-refractivity contribution in [2.45, 2.75) is 78.9 Å². The van der Waals surface area contributed by atoms with E-state index < -0.39 is 11.5 Å². The highest BCUT2D eigenvalue weighted by Crippen LogP contribution is 2.38. The third-order valence-corrected chi connectivity index (χ3v) is 6.91. The summed E-state index contributed by atoms with van der Waals surface area (Å²) in [5.41, 5.74) is 9.82. The number of amides is 2. The Labute approximate surface area is 213 Å². The second kappa shape index (κ2) is 9.30. The van der Waals surface area contributed by atoms with E-state index >= 15 is 0 Å². The third-order valence-electron chi connectivity index (χ3n) is 6.91. The second-order valence-electron chi connectivity index (χ2n) is 11.9. The van der Waals surface area contributed by atoms with Crippen molar-refractivity contribution in [2.24, 2.45) is 11.1 Å². The number of hydrogen-bond acceptors (Lipinski definition) is 5. The molecule has 1 saturated heterocycles. The molecule has 2 heterocycles. The van der Waals surface area contributed by atoms with Crippen LogP contribution in [0, 0.1) is 12.3 Å². The molecule has 2 aliphatic rings. The number of benzene rings is 1. The number of fused-ring (bicyclic) bond motifs is 1. The Morgan fingerprint density at radius 3 is 2.42 bits per heavy atom. The molecule has 3 N–H and O–H groups in total. The standard InChI is InChI=1S/C28H38N4O4/c1-17-16-32(22-14-28(5,6)15-23(33)24(17)22)19-7-8-20(25(29)34)21(13-19)30-18-9-11-31(12-10-18)26(35)36-27(2,3)4/h7-8,13,16,18,30H,9-12,14-15H2,1-6H3,(H2,29,34). The van der Waals surface area contributed by atoms with Gasteiger partial charge in [-0.25, -0.2) is 4.79 Å². The van der Waals surface area contributed by atoms with Crippen molar-refractivity contribution in [1.82, 2.24) is 9.47 Å². The van der Waals surface area contributed by atoms with E-state index in [2.05, 4.69) is 23.7 Å². The molecule has 2 amide bonds. The lowest BCUT2D eigenvalue weighted by atomic mass is 9.75. The van der Waals surface area contributed by atoms with Gasteiger partial charge in [-0.3, -0.25) is 9.59 Å². The first kappa shape index (κ1) is 25.8. The predicted molar refractivity (Wildman–Crippen MR) is 140 cm³/mol. The summed E-state index contributed by atoms with van der Waals surface area (Å²) in [6.07, 6.45) is 4.49. The number of piperidine rings is 1. The summed E-state index contributed by atoms with van der Waals surface area (Å²) in [4.78, 5) is 39.2. The first-order valence-corrected chi connectivity index (χ1v) is 12.7. The van der Waals surface area contributed by atoms with Crippen molar-refractivity contribution < 1.29 is 19.1 Å². The van der Waals surface area contributed by atoms with Gasteiger partial charge in [-0.05, 0) is 76.1 Å². The van der Waals surface area contributed by atoms with E-state index in [1.54, 1.807) is 11.0 Å². The number of likely N-dealkylation sites (tertiary alicyclic amines) is 1.